The normalized spacial score (nSPS) is 29.1. The van der Waals surface area contributed by atoms with Gasteiger partial charge >= 0.3 is 0 Å². The van der Waals surface area contributed by atoms with E-state index in [4.69, 9.17) is 0 Å². The summed E-state index contributed by atoms with van der Waals surface area (Å²) in [7, 11) is 2.28. The zero-order valence-corrected chi connectivity index (χ0v) is 10.1. The van der Waals surface area contributed by atoms with E-state index >= 15 is 0 Å². The lowest BCUT2D eigenvalue weighted by Gasteiger charge is -2.20. The van der Waals surface area contributed by atoms with E-state index < -0.39 is 0 Å². The largest absolute Gasteiger partial charge is 0.306 e. The Morgan fingerprint density at radius 3 is 2.21 bits per heavy atom. The molecule has 0 aliphatic carbocycles. The molecule has 0 bridgehead atoms. The molecule has 0 aromatic carbocycles. The topological polar surface area (TPSA) is 3.24 Å². The van der Waals surface area contributed by atoms with Gasteiger partial charge in [0.2, 0.25) is 0 Å². The first kappa shape index (κ1) is 12.0. The maximum Gasteiger partial charge on any atom is -0.00192 e. The van der Waals surface area contributed by atoms with Gasteiger partial charge in [0, 0.05) is 0 Å². The van der Waals surface area contributed by atoms with E-state index in [-0.39, 0.29) is 0 Å². The van der Waals surface area contributed by atoms with Crippen molar-refractivity contribution < 1.29 is 0 Å². The number of hydrogen-bond donors (Lipinski definition) is 0. The first-order valence-corrected chi connectivity index (χ1v) is 6.47. The third kappa shape index (κ3) is 5.64. The average molecular weight is 197 g/mol. The van der Waals surface area contributed by atoms with Crippen molar-refractivity contribution >= 4 is 0 Å². The number of rotatable bonds is 0. The molecule has 1 rings (SSSR count). The van der Waals surface area contributed by atoms with Crippen molar-refractivity contribution in [1.29, 1.82) is 0 Å². The lowest BCUT2D eigenvalue weighted by Crippen LogP contribution is -2.22. The van der Waals surface area contributed by atoms with E-state index in [9.17, 15) is 0 Å². The first-order valence-electron chi connectivity index (χ1n) is 6.47. The van der Waals surface area contributed by atoms with Crippen LogP contribution >= 0.6 is 0 Å². The van der Waals surface area contributed by atoms with Crippen LogP contribution in [0.5, 0.6) is 0 Å². The molecule has 1 unspecified atom stereocenters. The maximum absolute atomic E-state index is 2.51. The molecule has 1 saturated heterocycles. The van der Waals surface area contributed by atoms with Crippen LogP contribution in [-0.4, -0.2) is 25.0 Å². The molecular weight excluding hydrogens is 170 g/mol. The molecule has 0 spiro atoms. The van der Waals surface area contributed by atoms with Gasteiger partial charge in [-0.25, -0.2) is 0 Å². The van der Waals surface area contributed by atoms with Gasteiger partial charge in [-0.1, -0.05) is 45.4 Å². The van der Waals surface area contributed by atoms with Crippen molar-refractivity contribution in [3.05, 3.63) is 0 Å². The second-order valence-corrected chi connectivity index (χ2v) is 5.11. The summed E-state index contributed by atoms with van der Waals surface area (Å²) >= 11 is 0. The Morgan fingerprint density at radius 1 is 0.786 bits per heavy atom. The van der Waals surface area contributed by atoms with Gasteiger partial charge in [0.15, 0.2) is 0 Å². The summed E-state index contributed by atoms with van der Waals surface area (Å²) in [5, 5.41) is 0. The highest BCUT2D eigenvalue weighted by atomic mass is 15.1. The van der Waals surface area contributed by atoms with Crippen LogP contribution < -0.4 is 0 Å². The van der Waals surface area contributed by atoms with Crippen molar-refractivity contribution in [3.63, 3.8) is 0 Å². The van der Waals surface area contributed by atoms with Gasteiger partial charge in [-0.15, -0.1) is 0 Å². The zero-order chi connectivity index (χ0) is 10.2. The van der Waals surface area contributed by atoms with E-state index in [0.29, 0.717) is 0 Å². The molecule has 0 aromatic heterocycles. The average Bonchev–Trinajstić information content (AvgIpc) is 2.17. The summed E-state index contributed by atoms with van der Waals surface area (Å²) < 4.78 is 0. The van der Waals surface area contributed by atoms with Crippen LogP contribution in [0.4, 0.5) is 0 Å². The standard InChI is InChI=1S/C13H27N/c1-13-9-7-5-3-4-6-8-11-14(2)12-10-13/h13H,3-12H2,1-2H3. The van der Waals surface area contributed by atoms with E-state index in [2.05, 4.69) is 18.9 Å². The lowest BCUT2D eigenvalue weighted by molar-refractivity contribution is 0.286. The van der Waals surface area contributed by atoms with E-state index in [1.807, 2.05) is 0 Å². The fraction of sp³-hybridized carbons (Fsp3) is 1.00. The fourth-order valence-electron chi connectivity index (χ4n) is 2.28. The van der Waals surface area contributed by atoms with Gasteiger partial charge in [0.05, 0.1) is 0 Å². The Morgan fingerprint density at radius 2 is 1.43 bits per heavy atom. The van der Waals surface area contributed by atoms with Gasteiger partial charge in [0.25, 0.3) is 0 Å². The molecule has 84 valence electrons. The smallest absolute Gasteiger partial charge is 0.00192 e. The molecule has 1 heteroatoms. The first-order chi connectivity index (χ1) is 6.79. The minimum atomic E-state index is 0.942. The molecule has 1 fully saturated rings. The fourth-order valence-corrected chi connectivity index (χ4v) is 2.28. The number of nitrogens with zero attached hydrogens (tertiary/aromatic N) is 1. The van der Waals surface area contributed by atoms with Gasteiger partial charge in [-0.2, -0.15) is 0 Å². The van der Waals surface area contributed by atoms with Crippen LogP contribution in [0.1, 0.15) is 58.3 Å². The Bertz CT molecular complexity index is 117. The summed E-state index contributed by atoms with van der Waals surface area (Å²) in [5.74, 6) is 0.942. The minimum Gasteiger partial charge on any atom is -0.306 e. The monoisotopic (exact) mass is 197 g/mol. The third-order valence-corrected chi connectivity index (χ3v) is 3.49. The molecule has 1 aliphatic heterocycles. The predicted molar refractivity (Wildman–Crippen MR) is 63.6 cm³/mol. The summed E-state index contributed by atoms with van der Waals surface area (Å²) in [6.07, 6.45) is 11.6. The molecule has 1 aliphatic rings. The van der Waals surface area contributed by atoms with Gasteiger partial charge in [-0.3, -0.25) is 0 Å². The highest BCUT2D eigenvalue weighted by molar-refractivity contribution is 4.60. The lowest BCUT2D eigenvalue weighted by atomic mass is 9.98. The van der Waals surface area contributed by atoms with Crippen molar-refractivity contribution in [2.45, 2.75) is 58.3 Å². The molecule has 14 heavy (non-hydrogen) atoms. The minimum absolute atomic E-state index is 0.942. The van der Waals surface area contributed by atoms with Gasteiger partial charge in [0.1, 0.15) is 0 Å². The van der Waals surface area contributed by atoms with Crippen LogP contribution in [0.25, 0.3) is 0 Å². The van der Waals surface area contributed by atoms with E-state index in [1.54, 1.807) is 0 Å². The number of hydrogen-bond acceptors (Lipinski definition) is 1. The predicted octanol–water partition coefficient (Wildman–Crippen LogP) is 3.69. The summed E-state index contributed by atoms with van der Waals surface area (Å²) in [6, 6.07) is 0. The molecule has 1 atom stereocenters. The van der Waals surface area contributed by atoms with Crippen molar-refractivity contribution in [2.24, 2.45) is 5.92 Å². The van der Waals surface area contributed by atoms with Crippen molar-refractivity contribution in [3.8, 4) is 0 Å². The highest BCUT2D eigenvalue weighted by Gasteiger charge is 2.06. The Labute approximate surface area is 89.9 Å². The van der Waals surface area contributed by atoms with Crippen molar-refractivity contribution in [1.82, 2.24) is 4.90 Å². The quantitative estimate of drug-likeness (QED) is 0.572. The molecule has 0 N–H and O–H groups in total. The van der Waals surface area contributed by atoms with Crippen LogP contribution in [0.3, 0.4) is 0 Å². The third-order valence-electron chi connectivity index (χ3n) is 3.49. The van der Waals surface area contributed by atoms with Gasteiger partial charge in [-0.05, 0) is 38.9 Å². The summed E-state index contributed by atoms with van der Waals surface area (Å²) in [5.41, 5.74) is 0. The highest BCUT2D eigenvalue weighted by Crippen LogP contribution is 2.16. The molecule has 0 radical (unpaired) electrons. The summed E-state index contributed by atoms with van der Waals surface area (Å²) in [6.45, 7) is 5.04. The molecule has 0 saturated carbocycles. The van der Waals surface area contributed by atoms with E-state index in [1.165, 1.54) is 64.5 Å². The SMILES string of the molecule is CC1CCCCCCCCN(C)CC1. The second-order valence-electron chi connectivity index (χ2n) is 5.11. The van der Waals surface area contributed by atoms with E-state index in [0.717, 1.165) is 5.92 Å². The molecule has 1 heterocycles. The van der Waals surface area contributed by atoms with Crippen LogP contribution in [0.15, 0.2) is 0 Å². The maximum atomic E-state index is 2.51. The van der Waals surface area contributed by atoms with Crippen molar-refractivity contribution in [2.75, 3.05) is 20.1 Å². The van der Waals surface area contributed by atoms with Gasteiger partial charge < -0.3 is 4.90 Å². The Hall–Kier alpha value is -0.0400. The summed E-state index contributed by atoms with van der Waals surface area (Å²) in [4.78, 5) is 2.51. The molecular formula is C13H27N. The van der Waals surface area contributed by atoms with Crippen LogP contribution in [-0.2, 0) is 0 Å². The van der Waals surface area contributed by atoms with Crippen LogP contribution in [0.2, 0.25) is 0 Å². The molecule has 1 nitrogen and oxygen atoms in total. The second kappa shape index (κ2) is 7.28. The van der Waals surface area contributed by atoms with Crippen LogP contribution in [0, 0.1) is 5.92 Å². The molecule has 0 aromatic rings. The Kier molecular flexibility index (Phi) is 6.25. The molecule has 0 amide bonds. The zero-order valence-electron chi connectivity index (χ0n) is 10.1. The Balaban J connectivity index is 2.22.